The van der Waals surface area contributed by atoms with Gasteiger partial charge in [0.2, 0.25) is 0 Å². The van der Waals surface area contributed by atoms with Crippen LogP contribution in [0.15, 0.2) is 47.2 Å². The van der Waals surface area contributed by atoms with Crippen LogP contribution in [0.2, 0.25) is 0 Å². The normalized spacial score (nSPS) is 11.9. The van der Waals surface area contributed by atoms with Gasteiger partial charge in [-0.15, -0.1) is 0 Å². The Balaban J connectivity index is 2.29. The van der Waals surface area contributed by atoms with Crippen LogP contribution >= 0.6 is 15.9 Å². The zero-order chi connectivity index (χ0) is 13.8. The quantitative estimate of drug-likeness (QED) is 0.906. The Morgan fingerprint density at radius 3 is 2.58 bits per heavy atom. The molecule has 2 N–H and O–H groups in total. The van der Waals surface area contributed by atoms with Crippen molar-refractivity contribution in [1.82, 2.24) is 4.98 Å². The summed E-state index contributed by atoms with van der Waals surface area (Å²) < 4.78 is 0.947. The van der Waals surface area contributed by atoms with E-state index in [1.807, 2.05) is 31.2 Å². The van der Waals surface area contributed by atoms with Crippen molar-refractivity contribution in [3.05, 3.63) is 58.3 Å². The molecule has 1 heterocycles. The van der Waals surface area contributed by atoms with Crippen LogP contribution in [0, 0.1) is 6.92 Å². The lowest BCUT2D eigenvalue weighted by Gasteiger charge is -2.17. The maximum absolute atomic E-state index is 11.4. The molecule has 2 rings (SSSR count). The van der Waals surface area contributed by atoms with Crippen LogP contribution in [0.1, 0.15) is 17.2 Å². The van der Waals surface area contributed by atoms with Crippen LogP contribution in [0.25, 0.3) is 0 Å². The predicted molar refractivity (Wildman–Crippen MR) is 77.1 cm³/mol. The van der Waals surface area contributed by atoms with Crippen molar-refractivity contribution in [1.29, 1.82) is 0 Å². The highest BCUT2D eigenvalue weighted by atomic mass is 79.9. The van der Waals surface area contributed by atoms with Crippen molar-refractivity contribution in [3.8, 4) is 0 Å². The van der Waals surface area contributed by atoms with E-state index in [1.54, 1.807) is 18.5 Å². The Bertz CT molecular complexity index is 584. The van der Waals surface area contributed by atoms with Crippen molar-refractivity contribution in [3.63, 3.8) is 0 Å². The number of anilines is 1. The highest BCUT2D eigenvalue weighted by Gasteiger charge is 2.21. The van der Waals surface area contributed by atoms with E-state index >= 15 is 0 Å². The number of pyridine rings is 1. The summed E-state index contributed by atoms with van der Waals surface area (Å²) in [7, 11) is 0. The third-order valence-corrected chi connectivity index (χ3v) is 3.32. The molecular formula is C14H13BrN2O2. The fourth-order valence-corrected chi connectivity index (χ4v) is 2.03. The second-order valence-electron chi connectivity index (χ2n) is 4.15. The van der Waals surface area contributed by atoms with E-state index in [0.717, 1.165) is 15.7 Å². The topological polar surface area (TPSA) is 62.2 Å². The molecule has 0 saturated heterocycles. The SMILES string of the molecule is Cc1ccncc1C(Nc1ccc(Br)cc1)C(=O)O. The number of hydrogen-bond donors (Lipinski definition) is 2. The van der Waals surface area contributed by atoms with Gasteiger partial charge in [-0.1, -0.05) is 15.9 Å². The predicted octanol–water partition coefficient (Wildman–Crippen LogP) is 3.39. The number of rotatable bonds is 4. The molecular weight excluding hydrogens is 308 g/mol. The highest BCUT2D eigenvalue weighted by Crippen LogP contribution is 2.23. The number of hydrogen-bond acceptors (Lipinski definition) is 3. The summed E-state index contributed by atoms with van der Waals surface area (Å²) in [4.78, 5) is 15.4. The fourth-order valence-electron chi connectivity index (χ4n) is 1.76. The maximum atomic E-state index is 11.4. The molecule has 98 valence electrons. The summed E-state index contributed by atoms with van der Waals surface area (Å²) in [6.45, 7) is 1.87. The molecule has 19 heavy (non-hydrogen) atoms. The van der Waals surface area contributed by atoms with Crippen LogP contribution in [0.3, 0.4) is 0 Å². The average Bonchev–Trinajstić information content (AvgIpc) is 2.39. The number of aryl methyl sites for hydroxylation is 1. The molecule has 0 aliphatic carbocycles. The number of aromatic nitrogens is 1. The van der Waals surface area contributed by atoms with Crippen molar-refractivity contribution < 1.29 is 9.90 Å². The molecule has 0 bridgehead atoms. The Kier molecular flexibility index (Phi) is 4.16. The third kappa shape index (κ3) is 3.32. The molecule has 1 aromatic carbocycles. The van der Waals surface area contributed by atoms with Gasteiger partial charge in [-0.05, 0) is 42.8 Å². The van der Waals surface area contributed by atoms with Crippen molar-refractivity contribution in [2.45, 2.75) is 13.0 Å². The third-order valence-electron chi connectivity index (χ3n) is 2.79. The van der Waals surface area contributed by atoms with Gasteiger partial charge in [0.05, 0.1) is 0 Å². The minimum absolute atomic E-state index is 0.665. The van der Waals surface area contributed by atoms with Crippen LogP contribution in [0.5, 0.6) is 0 Å². The lowest BCUT2D eigenvalue weighted by atomic mass is 10.0. The van der Waals surface area contributed by atoms with Gasteiger partial charge in [0, 0.05) is 28.1 Å². The van der Waals surface area contributed by atoms with Crippen LogP contribution in [0.4, 0.5) is 5.69 Å². The van der Waals surface area contributed by atoms with Crippen LogP contribution < -0.4 is 5.32 Å². The standard InChI is InChI=1S/C14H13BrN2O2/c1-9-6-7-16-8-12(9)13(14(18)19)17-11-4-2-10(15)3-5-11/h2-8,13,17H,1H3,(H,18,19). The molecule has 2 aromatic rings. The summed E-state index contributed by atoms with van der Waals surface area (Å²) in [5.41, 5.74) is 2.31. The summed E-state index contributed by atoms with van der Waals surface area (Å²) >= 11 is 3.34. The van der Waals surface area contributed by atoms with E-state index in [2.05, 4.69) is 26.2 Å². The number of benzene rings is 1. The van der Waals surface area contributed by atoms with Crippen LogP contribution in [-0.2, 0) is 4.79 Å². The average molecular weight is 321 g/mol. The van der Waals surface area contributed by atoms with E-state index < -0.39 is 12.0 Å². The van der Waals surface area contributed by atoms with Crippen LogP contribution in [-0.4, -0.2) is 16.1 Å². The van der Waals surface area contributed by atoms with Crippen molar-refractivity contribution in [2.75, 3.05) is 5.32 Å². The molecule has 1 aromatic heterocycles. The number of carbonyl (C=O) groups is 1. The molecule has 0 radical (unpaired) electrons. The summed E-state index contributed by atoms with van der Waals surface area (Å²) in [6.07, 6.45) is 3.23. The van der Waals surface area contributed by atoms with Gasteiger partial charge in [0.15, 0.2) is 6.04 Å². The zero-order valence-electron chi connectivity index (χ0n) is 10.3. The first-order chi connectivity index (χ1) is 9.08. The molecule has 1 unspecified atom stereocenters. The van der Waals surface area contributed by atoms with E-state index in [4.69, 9.17) is 0 Å². The molecule has 0 amide bonds. The second kappa shape index (κ2) is 5.84. The number of carboxylic acid groups (broad SMARTS) is 1. The Morgan fingerprint density at radius 2 is 2.00 bits per heavy atom. The monoisotopic (exact) mass is 320 g/mol. The maximum Gasteiger partial charge on any atom is 0.330 e. The smallest absolute Gasteiger partial charge is 0.330 e. The first-order valence-corrected chi connectivity index (χ1v) is 6.52. The van der Waals surface area contributed by atoms with Crippen molar-refractivity contribution >= 4 is 27.6 Å². The van der Waals surface area contributed by atoms with E-state index in [0.29, 0.717) is 5.56 Å². The Hall–Kier alpha value is -1.88. The minimum atomic E-state index is -0.931. The largest absolute Gasteiger partial charge is 0.479 e. The van der Waals surface area contributed by atoms with Gasteiger partial charge in [-0.3, -0.25) is 4.98 Å². The summed E-state index contributed by atoms with van der Waals surface area (Å²) in [5.74, 6) is -0.931. The van der Waals surface area contributed by atoms with Gasteiger partial charge in [-0.25, -0.2) is 4.79 Å². The zero-order valence-corrected chi connectivity index (χ0v) is 11.9. The summed E-state index contributed by atoms with van der Waals surface area (Å²) in [5, 5.41) is 12.4. The fraction of sp³-hybridized carbons (Fsp3) is 0.143. The van der Waals surface area contributed by atoms with E-state index in [9.17, 15) is 9.90 Å². The van der Waals surface area contributed by atoms with Crippen molar-refractivity contribution in [2.24, 2.45) is 0 Å². The molecule has 1 atom stereocenters. The lowest BCUT2D eigenvalue weighted by molar-refractivity contribution is -0.138. The number of halogens is 1. The van der Waals surface area contributed by atoms with Gasteiger partial charge >= 0.3 is 5.97 Å². The number of carboxylic acids is 1. The Morgan fingerprint density at radius 1 is 1.32 bits per heavy atom. The van der Waals surface area contributed by atoms with Gasteiger partial charge < -0.3 is 10.4 Å². The lowest BCUT2D eigenvalue weighted by Crippen LogP contribution is -2.21. The van der Waals surface area contributed by atoms with Gasteiger partial charge in [0.25, 0.3) is 0 Å². The minimum Gasteiger partial charge on any atom is -0.479 e. The van der Waals surface area contributed by atoms with Gasteiger partial charge in [-0.2, -0.15) is 0 Å². The number of nitrogens with zero attached hydrogens (tertiary/aromatic N) is 1. The first-order valence-electron chi connectivity index (χ1n) is 5.73. The second-order valence-corrected chi connectivity index (χ2v) is 5.07. The number of nitrogens with one attached hydrogen (secondary N) is 1. The van der Waals surface area contributed by atoms with E-state index in [1.165, 1.54) is 0 Å². The summed E-state index contributed by atoms with van der Waals surface area (Å²) in [6, 6.07) is 8.36. The molecule has 5 heteroatoms. The molecule has 0 aliphatic rings. The molecule has 0 fully saturated rings. The molecule has 4 nitrogen and oxygen atoms in total. The number of aliphatic carboxylic acids is 1. The Labute approximate surface area is 119 Å². The molecule has 0 spiro atoms. The molecule has 0 saturated carbocycles. The van der Waals surface area contributed by atoms with E-state index in [-0.39, 0.29) is 0 Å². The first kappa shape index (κ1) is 13.5. The van der Waals surface area contributed by atoms with Gasteiger partial charge in [0.1, 0.15) is 0 Å². The highest BCUT2D eigenvalue weighted by molar-refractivity contribution is 9.10. The molecule has 0 aliphatic heterocycles.